The van der Waals surface area contributed by atoms with Gasteiger partial charge in [-0.3, -0.25) is 4.79 Å². The van der Waals surface area contributed by atoms with Gasteiger partial charge >= 0.3 is 6.09 Å². The lowest BCUT2D eigenvalue weighted by Gasteiger charge is -2.09. The molecule has 3 rings (SSSR count). The first-order chi connectivity index (χ1) is 13.3. The first-order valence-corrected chi connectivity index (χ1v) is 8.57. The van der Waals surface area contributed by atoms with E-state index < -0.39 is 6.09 Å². The van der Waals surface area contributed by atoms with Gasteiger partial charge in [-0.15, -0.1) is 5.10 Å². The minimum atomic E-state index is -0.608. The fourth-order valence-electron chi connectivity index (χ4n) is 2.52. The number of amides is 1. The van der Waals surface area contributed by atoms with Crippen LogP contribution in [0.3, 0.4) is 0 Å². The highest BCUT2D eigenvalue weighted by molar-refractivity contribution is 6.11. The fraction of sp³-hybridized carbons (Fsp3) is 0.150. The van der Waals surface area contributed by atoms with Crippen LogP contribution in [-0.2, 0) is 0 Å². The third-order valence-electron chi connectivity index (χ3n) is 3.79. The molecular formula is C20H19FN4O3. The number of hydrogen-bond acceptors (Lipinski definition) is 5. The van der Waals surface area contributed by atoms with Gasteiger partial charge in [-0.25, -0.2) is 13.9 Å². The standard InChI is InChI=1S/C20H19FN4O3/c1-12(2)23-20(27)28-16-5-3-4-13(10-16)18(26)17-11-25(24-19(17)22)15-8-6-14(21)7-9-15/h3-12H,1-2H3,(H2,22,24)(H,23,27). The number of carbonyl (C=O) groups is 2. The number of anilines is 1. The van der Waals surface area contributed by atoms with Gasteiger partial charge in [0.05, 0.1) is 11.3 Å². The summed E-state index contributed by atoms with van der Waals surface area (Å²) in [5.74, 6) is -0.481. The molecule has 0 bridgehead atoms. The molecule has 3 aromatic rings. The summed E-state index contributed by atoms with van der Waals surface area (Å²) in [6.07, 6.45) is 0.868. The molecule has 0 atom stereocenters. The van der Waals surface area contributed by atoms with E-state index in [4.69, 9.17) is 10.5 Å². The molecule has 8 heteroatoms. The van der Waals surface area contributed by atoms with Crippen molar-refractivity contribution in [2.24, 2.45) is 0 Å². The smallest absolute Gasteiger partial charge is 0.410 e. The van der Waals surface area contributed by atoms with E-state index in [1.165, 1.54) is 41.2 Å². The van der Waals surface area contributed by atoms with E-state index in [-0.39, 0.29) is 34.8 Å². The number of hydrogen-bond donors (Lipinski definition) is 2. The van der Waals surface area contributed by atoms with Gasteiger partial charge in [0.2, 0.25) is 0 Å². The molecule has 3 N–H and O–H groups in total. The average Bonchev–Trinajstić information content (AvgIpc) is 3.03. The normalized spacial score (nSPS) is 10.7. The topological polar surface area (TPSA) is 99.2 Å². The molecule has 0 fully saturated rings. The molecule has 1 heterocycles. The zero-order chi connectivity index (χ0) is 20.3. The van der Waals surface area contributed by atoms with E-state index >= 15 is 0 Å². The fourth-order valence-corrected chi connectivity index (χ4v) is 2.52. The van der Waals surface area contributed by atoms with Crippen molar-refractivity contribution in [3.05, 3.63) is 71.7 Å². The van der Waals surface area contributed by atoms with Crippen molar-refractivity contribution in [1.82, 2.24) is 15.1 Å². The SMILES string of the molecule is CC(C)NC(=O)Oc1cccc(C(=O)c2cn(-c3ccc(F)cc3)nc2N)c1. The molecule has 1 aromatic heterocycles. The molecule has 0 unspecified atom stereocenters. The van der Waals surface area contributed by atoms with E-state index in [0.29, 0.717) is 11.3 Å². The predicted octanol–water partition coefficient (Wildman–Crippen LogP) is 3.32. The molecular weight excluding hydrogens is 363 g/mol. The lowest BCUT2D eigenvalue weighted by Crippen LogP contribution is -2.32. The Labute approximate surface area is 160 Å². The van der Waals surface area contributed by atoms with Crippen molar-refractivity contribution < 1.29 is 18.7 Å². The van der Waals surface area contributed by atoms with Crippen LogP contribution in [0, 0.1) is 5.82 Å². The molecule has 1 amide bonds. The number of aromatic nitrogens is 2. The van der Waals surface area contributed by atoms with E-state index in [9.17, 15) is 14.0 Å². The van der Waals surface area contributed by atoms with E-state index in [2.05, 4.69) is 10.4 Å². The van der Waals surface area contributed by atoms with Crippen molar-refractivity contribution in [2.75, 3.05) is 5.73 Å². The lowest BCUT2D eigenvalue weighted by molar-refractivity contribution is 0.103. The molecule has 0 saturated carbocycles. The zero-order valence-corrected chi connectivity index (χ0v) is 15.3. The quantitative estimate of drug-likeness (QED) is 0.660. The summed E-state index contributed by atoms with van der Waals surface area (Å²) >= 11 is 0. The maximum absolute atomic E-state index is 13.1. The molecule has 2 aromatic carbocycles. The number of ether oxygens (including phenoxy) is 1. The summed E-state index contributed by atoms with van der Waals surface area (Å²) in [4.78, 5) is 24.6. The second-order valence-electron chi connectivity index (χ2n) is 6.39. The third-order valence-corrected chi connectivity index (χ3v) is 3.79. The molecule has 0 aliphatic rings. The van der Waals surface area contributed by atoms with Crippen LogP contribution in [0.1, 0.15) is 29.8 Å². The Balaban J connectivity index is 1.83. The summed E-state index contributed by atoms with van der Waals surface area (Å²) in [5, 5.41) is 6.72. The van der Waals surface area contributed by atoms with E-state index in [1.807, 2.05) is 13.8 Å². The average molecular weight is 382 g/mol. The predicted molar refractivity (Wildman–Crippen MR) is 102 cm³/mol. The van der Waals surface area contributed by atoms with Gasteiger partial charge in [0.1, 0.15) is 11.6 Å². The molecule has 144 valence electrons. The van der Waals surface area contributed by atoms with Gasteiger partial charge in [0.15, 0.2) is 11.6 Å². The Morgan fingerprint density at radius 1 is 1.18 bits per heavy atom. The zero-order valence-electron chi connectivity index (χ0n) is 15.3. The van der Waals surface area contributed by atoms with Crippen LogP contribution in [0.15, 0.2) is 54.7 Å². The third kappa shape index (κ3) is 4.35. The molecule has 0 aliphatic carbocycles. The highest BCUT2D eigenvalue weighted by Crippen LogP contribution is 2.21. The Morgan fingerprint density at radius 3 is 2.57 bits per heavy atom. The maximum atomic E-state index is 13.1. The summed E-state index contributed by atoms with van der Waals surface area (Å²) < 4.78 is 19.7. The Morgan fingerprint density at radius 2 is 1.89 bits per heavy atom. The number of nitrogens with two attached hydrogens (primary N) is 1. The van der Waals surface area contributed by atoms with Gasteiger partial charge in [-0.1, -0.05) is 12.1 Å². The Kier molecular flexibility index (Phi) is 5.39. The van der Waals surface area contributed by atoms with Crippen molar-refractivity contribution in [3.8, 4) is 11.4 Å². The van der Waals surface area contributed by atoms with Crippen LogP contribution in [0.25, 0.3) is 5.69 Å². The van der Waals surface area contributed by atoms with Crippen molar-refractivity contribution >= 4 is 17.7 Å². The van der Waals surface area contributed by atoms with Gasteiger partial charge in [-0.05, 0) is 50.2 Å². The van der Waals surface area contributed by atoms with Crippen LogP contribution in [-0.4, -0.2) is 27.7 Å². The molecule has 0 spiro atoms. The van der Waals surface area contributed by atoms with E-state index in [1.54, 1.807) is 18.2 Å². The number of nitrogen functional groups attached to an aromatic ring is 1. The monoisotopic (exact) mass is 382 g/mol. The van der Waals surface area contributed by atoms with Gasteiger partial charge in [0.25, 0.3) is 0 Å². The van der Waals surface area contributed by atoms with Crippen LogP contribution in [0.5, 0.6) is 5.75 Å². The Hall–Kier alpha value is -3.68. The van der Waals surface area contributed by atoms with Crippen molar-refractivity contribution in [1.29, 1.82) is 0 Å². The number of benzene rings is 2. The van der Waals surface area contributed by atoms with Crippen molar-refractivity contribution in [3.63, 3.8) is 0 Å². The van der Waals surface area contributed by atoms with E-state index in [0.717, 1.165) is 0 Å². The molecule has 28 heavy (non-hydrogen) atoms. The maximum Gasteiger partial charge on any atom is 0.412 e. The van der Waals surface area contributed by atoms with Crippen LogP contribution in [0.4, 0.5) is 15.0 Å². The number of halogens is 1. The van der Waals surface area contributed by atoms with Crippen LogP contribution >= 0.6 is 0 Å². The first kappa shape index (κ1) is 19.1. The second-order valence-corrected chi connectivity index (χ2v) is 6.39. The largest absolute Gasteiger partial charge is 0.412 e. The second kappa shape index (κ2) is 7.91. The summed E-state index contributed by atoms with van der Waals surface area (Å²) in [6, 6.07) is 11.8. The molecule has 7 nitrogen and oxygen atoms in total. The number of nitrogens with zero attached hydrogens (tertiary/aromatic N) is 2. The summed E-state index contributed by atoms with van der Waals surface area (Å²) in [7, 11) is 0. The molecule has 0 aliphatic heterocycles. The number of ketones is 1. The number of nitrogens with one attached hydrogen (secondary N) is 1. The Bertz CT molecular complexity index is 1010. The number of carbonyl (C=O) groups excluding carboxylic acids is 2. The van der Waals surface area contributed by atoms with Gasteiger partial charge < -0.3 is 15.8 Å². The molecule has 0 radical (unpaired) electrons. The highest BCUT2D eigenvalue weighted by atomic mass is 19.1. The summed E-state index contributed by atoms with van der Waals surface area (Å²) in [5.41, 5.74) is 6.94. The lowest BCUT2D eigenvalue weighted by atomic mass is 10.1. The molecule has 0 saturated heterocycles. The van der Waals surface area contributed by atoms with Gasteiger partial charge in [-0.2, -0.15) is 0 Å². The minimum absolute atomic E-state index is 0.0400. The highest BCUT2D eigenvalue weighted by Gasteiger charge is 2.18. The minimum Gasteiger partial charge on any atom is -0.410 e. The van der Waals surface area contributed by atoms with Crippen LogP contribution in [0.2, 0.25) is 0 Å². The van der Waals surface area contributed by atoms with Crippen molar-refractivity contribution in [2.45, 2.75) is 19.9 Å². The van der Waals surface area contributed by atoms with Gasteiger partial charge in [0, 0.05) is 17.8 Å². The number of rotatable bonds is 5. The summed E-state index contributed by atoms with van der Waals surface area (Å²) in [6.45, 7) is 3.62. The van der Waals surface area contributed by atoms with Crippen LogP contribution < -0.4 is 15.8 Å². The first-order valence-electron chi connectivity index (χ1n) is 8.57.